The SMILES string of the molecule is CSCCNc1nc(N2CCN(C)CC2)c2oc3ccc(Cl)cc3c2n1. The number of anilines is 2. The van der Waals surface area contributed by atoms with E-state index in [0.29, 0.717) is 11.0 Å². The summed E-state index contributed by atoms with van der Waals surface area (Å²) in [5.74, 6) is 2.51. The van der Waals surface area contributed by atoms with Crippen LogP contribution in [0, 0.1) is 0 Å². The third kappa shape index (κ3) is 3.43. The summed E-state index contributed by atoms with van der Waals surface area (Å²) in [6, 6.07) is 5.65. The van der Waals surface area contributed by atoms with E-state index in [2.05, 4.69) is 28.4 Å². The van der Waals surface area contributed by atoms with Gasteiger partial charge in [0.25, 0.3) is 0 Å². The van der Waals surface area contributed by atoms with Crippen LogP contribution in [0.15, 0.2) is 22.6 Å². The third-order valence-corrected chi connectivity index (χ3v) is 5.50. The Morgan fingerprint density at radius 1 is 1.23 bits per heavy atom. The van der Waals surface area contributed by atoms with E-state index >= 15 is 0 Å². The molecule has 0 atom stereocenters. The summed E-state index contributed by atoms with van der Waals surface area (Å²) in [5.41, 5.74) is 2.34. The molecule has 0 unspecified atom stereocenters. The van der Waals surface area contributed by atoms with Gasteiger partial charge in [0.1, 0.15) is 11.1 Å². The highest BCUT2D eigenvalue weighted by atomic mass is 35.5. The van der Waals surface area contributed by atoms with Gasteiger partial charge in [-0.05, 0) is 31.5 Å². The minimum absolute atomic E-state index is 0.642. The molecule has 0 saturated carbocycles. The van der Waals surface area contributed by atoms with Crippen molar-refractivity contribution in [3.05, 3.63) is 23.2 Å². The number of thioether (sulfide) groups is 1. The first-order valence-electron chi connectivity index (χ1n) is 8.72. The molecule has 0 radical (unpaired) electrons. The van der Waals surface area contributed by atoms with E-state index in [1.54, 1.807) is 11.8 Å². The maximum atomic E-state index is 6.20. The van der Waals surface area contributed by atoms with Crippen molar-refractivity contribution in [2.75, 3.05) is 62.0 Å². The standard InChI is InChI=1S/C18H22ClN5OS/c1-23-6-8-24(9-7-23)17-16-15(21-18(22-17)20-5-10-26-2)13-11-12(19)3-4-14(13)25-16/h3-4,11H,5-10H2,1-2H3,(H,20,21,22). The van der Waals surface area contributed by atoms with Gasteiger partial charge in [-0.3, -0.25) is 0 Å². The molecule has 0 aliphatic carbocycles. The van der Waals surface area contributed by atoms with E-state index in [0.717, 1.165) is 66.4 Å². The molecule has 1 aromatic carbocycles. The number of rotatable bonds is 5. The van der Waals surface area contributed by atoms with Crippen LogP contribution in [-0.2, 0) is 0 Å². The van der Waals surface area contributed by atoms with Crippen molar-refractivity contribution in [1.29, 1.82) is 0 Å². The molecule has 1 aliphatic rings. The summed E-state index contributed by atoms with van der Waals surface area (Å²) in [5, 5.41) is 4.95. The number of furan rings is 1. The van der Waals surface area contributed by atoms with Crippen LogP contribution in [-0.4, -0.2) is 66.6 Å². The second-order valence-electron chi connectivity index (χ2n) is 6.50. The molecular formula is C18H22ClN5OS. The number of likely N-dealkylation sites (N-methyl/N-ethyl adjacent to an activating group) is 1. The van der Waals surface area contributed by atoms with E-state index in [4.69, 9.17) is 26.0 Å². The second-order valence-corrected chi connectivity index (χ2v) is 7.92. The summed E-state index contributed by atoms with van der Waals surface area (Å²) < 4.78 is 6.13. The molecule has 1 N–H and O–H groups in total. The Morgan fingerprint density at radius 2 is 2.04 bits per heavy atom. The van der Waals surface area contributed by atoms with Gasteiger partial charge in [0.2, 0.25) is 5.95 Å². The molecule has 0 amide bonds. The minimum atomic E-state index is 0.642. The number of hydrogen-bond acceptors (Lipinski definition) is 7. The Hall–Kier alpha value is -1.70. The van der Waals surface area contributed by atoms with Gasteiger partial charge in [0.05, 0.1) is 0 Å². The molecule has 0 bridgehead atoms. The smallest absolute Gasteiger partial charge is 0.225 e. The topological polar surface area (TPSA) is 57.4 Å². The summed E-state index contributed by atoms with van der Waals surface area (Å²) in [4.78, 5) is 14.1. The zero-order valence-electron chi connectivity index (χ0n) is 15.0. The fraction of sp³-hybridized carbons (Fsp3) is 0.444. The highest BCUT2D eigenvalue weighted by Gasteiger charge is 2.23. The molecule has 26 heavy (non-hydrogen) atoms. The third-order valence-electron chi connectivity index (χ3n) is 4.65. The van der Waals surface area contributed by atoms with E-state index in [1.807, 2.05) is 18.2 Å². The molecule has 0 spiro atoms. The number of hydrogen-bond donors (Lipinski definition) is 1. The molecule has 2 aromatic heterocycles. The van der Waals surface area contributed by atoms with Crippen LogP contribution >= 0.6 is 23.4 Å². The maximum absolute atomic E-state index is 6.20. The minimum Gasteiger partial charge on any atom is -0.450 e. The van der Waals surface area contributed by atoms with Crippen molar-refractivity contribution in [3.63, 3.8) is 0 Å². The molecule has 6 nitrogen and oxygen atoms in total. The average molecular weight is 392 g/mol. The van der Waals surface area contributed by atoms with Crippen molar-refractivity contribution in [1.82, 2.24) is 14.9 Å². The van der Waals surface area contributed by atoms with Gasteiger partial charge >= 0.3 is 0 Å². The van der Waals surface area contributed by atoms with Crippen molar-refractivity contribution in [2.24, 2.45) is 0 Å². The second kappa shape index (κ2) is 7.50. The summed E-state index contributed by atoms with van der Waals surface area (Å²) in [7, 11) is 2.14. The summed E-state index contributed by atoms with van der Waals surface area (Å²) >= 11 is 8.00. The molecule has 1 fully saturated rings. The number of benzene rings is 1. The number of aromatic nitrogens is 2. The van der Waals surface area contributed by atoms with Gasteiger partial charge in [0, 0.05) is 48.9 Å². The normalized spacial score (nSPS) is 15.9. The van der Waals surface area contributed by atoms with Crippen LogP contribution in [0.5, 0.6) is 0 Å². The molecule has 1 saturated heterocycles. The Kier molecular flexibility index (Phi) is 5.11. The quantitative estimate of drug-likeness (QED) is 0.667. The van der Waals surface area contributed by atoms with Crippen molar-refractivity contribution < 1.29 is 4.42 Å². The lowest BCUT2D eigenvalue weighted by Gasteiger charge is -2.33. The van der Waals surface area contributed by atoms with Crippen molar-refractivity contribution in [3.8, 4) is 0 Å². The lowest BCUT2D eigenvalue weighted by molar-refractivity contribution is 0.312. The van der Waals surface area contributed by atoms with E-state index in [1.165, 1.54) is 0 Å². The highest BCUT2D eigenvalue weighted by Crippen LogP contribution is 2.35. The first-order chi connectivity index (χ1) is 12.7. The van der Waals surface area contributed by atoms with Crippen molar-refractivity contribution in [2.45, 2.75) is 0 Å². The predicted molar refractivity (Wildman–Crippen MR) is 111 cm³/mol. The first kappa shape index (κ1) is 17.7. The van der Waals surface area contributed by atoms with Gasteiger partial charge in [-0.25, -0.2) is 4.98 Å². The Balaban J connectivity index is 1.82. The molecular weight excluding hydrogens is 370 g/mol. The fourth-order valence-corrected chi connectivity index (χ4v) is 3.66. The zero-order valence-corrected chi connectivity index (χ0v) is 16.5. The molecule has 138 valence electrons. The maximum Gasteiger partial charge on any atom is 0.225 e. The van der Waals surface area contributed by atoms with Crippen LogP contribution in [0.25, 0.3) is 22.1 Å². The van der Waals surface area contributed by atoms with Crippen LogP contribution in [0.1, 0.15) is 0 Å². The largest absolute Gasteiger partial charge is 0.450 e. The summed E-state index contributed by atoms with van der Waals surface area (Å²) in [6.07, 6.45) is 2.09. The van der Waals surface area contributed by atoms with Crippen LogP contribution < -0.4 is 10.2 Å². The predicted octanol–water partition coefficient (Wildman–Crippen LogP) is 3.56. The number of fused-ring (bicyclic) bond motifs is 3. The van der Waals surface area contributed by atoms with E-state index < -0.39 is 0 Å². The van der Waals surface area contributed by atoms with E-state index in [9.17, 15) is 0 Å². The number of halogens is 1. The fourth-order valence-electron chi connectivity index (χ4n) is 3.18. The lowest BCUT2D eigenvalue weighted by atomic mass is 10.2. The molecule has 3 heterocycles. The zero-order chi connectivity index (χ0) is 18.1. The van der Waals surface area contributed by atoms with Crippen LogP contribution in [0.3, 0.4) is 0 Å². The van der Waals surface area contributed by atoms with Gasteiger partial charge in [-0.2, -0.15) is 16.7 Å². The van der Waals surface area contributed by atoms with Crippen LogP contribution in [0.4, 0.5) is 11.8 Å². The van der Waals surface area contributed by atoms with Gasteiger partial charge < -0.3 is 19.5 Å². The molecule has 3 aromatic rings. The lowest BCUT2D eigenvalue weighted by Crippen LogP contribution is -2.45. The Labute approximate surface area is 161 Å². The monoisotopic (exact) mass is 391 g/mol. The van der Waals surface area contributed by atoms with Crippen molar-refractivity contribution >= 4 is 57.2 Å². The number of nitrogens with one attached hydrogen (secondary N) is 1. The van der Waals surface area contributed by atoms with Crippen LogP contribution in [0.2, 0.25) is 5.02 Å². The van der Waals surface area contributed by atoms with Gasteiger partial charge in [0.15, 0.2) is 11.4 Å². The molecule has 8 heteroatoms. The Morgan fingerprint density at radius 3 is 2.81 bits per heavy atom. The van der Waals surface area contributed by atoms with Gasteiger partial charge in [-0.15, -0.1) is 0 Å². The highest BCUT2D eigenvalue weighted by molar-refractivity contribution is 7.98. The van der Waals surface area contributed by atoms with Gasteiger partial charge in [-0.1, -0.05) is 11.6 Å². The number of nitrogens with zero attached hydrogens (tertiary/aromatic N) is 4. The molecule has 4 rings (SSSR count). The summed E-state index contributed by atoms with van der Waals surface area (Å²) in [6.45, 7) is 4.68. The molecule has 1 aliphatic heterocycles. The average Bonchev–Trinajstić information content (AvgIpc) is 3.00. The number of piperazine rings is 1. The van der Waals surface area contributed by atoms with E-state index in [-0.39, 0.29) is 0 Å². The Bertz CT molecular complexity index is 923. The first-order valence-corrected chi connectivity index (χ1v) is 10.5.